The van der Waals surface area contributed by atoms with Crippen LogP contribution in [0.25, 0.3) is 0 Å². The van der Waals surface area contributed by atoms with E-state index in [0.717, 1.165) is 32.0 Å². The molecule has 1 aliphatic heterocycles. The van der Waals surface area contributed by atoms with Gasteiger partial charge in [0.25, 0.3) is 0 Å². The highest BCUT2D eigenvalue weighted by molar-refractivity contribution is 4.93. The lowest BCUT2D eigenvalue weighted by Gasteiger charge is -2.30. The van der Waals surface area contributed by atoms with Crippen molar-refractivity contribution in [3.63, 3.8) is 0 Å². The third-order valence-corrected chi connectivity index (χ3v) is 2.62. The Kier molecular flexibility index (Phi) is 2.79. The predicted octanol–water partition coefficient (Wildman–Crippen LogP) is 0.344. The Hall–Kier alpha value is -0.940. The minimum atomic E-state index is 0.259. The Balaban J connectivity index is 2.03. The van der Waals surface area contributed by atoms with Crippen LogP contribution in [0.5, 0.6) is 0 Å². The average molecular weight is 196 g/mol. The van der Waals surface area contributed by atoms with Gasteiger partial charge in [-0.15, -0.1) is 0 Å². The van der Waals surface area contributed by atoms with Gasteiger partial charge in [0.2, 0.25) is 5.89 Å². The Morgan fingerprint density at radius 2 is 2.14 bits per heavy atom. The molecule has 0 aliphatic carbocycles. The lowest BCUT2D eigenvalue weighted by Crippen LogP contribution is -2.44. The van der Waals surface area contributed by atoms with Gasteiger partial charge in [0.05, 0.1) is 6.04 Å². The van der Waals surface area contributed by atoms with E-state index in [2.05, 4.69) is 27.3 Å². The highest BCUT2D eigenvalue weighted by Gasteiger charge is 2.21. The monoisotopic (exact) mass is 196 g/mol. The first-order chi connectivity index (χ1) is 6.77. The molecule has 78 valence electrons. The molecule has 1 unspecified atom stereocenters. The van der Waals surface area contributed by atoms with Gasteiger partial charge >= 0.3 is 0 Å². The van der Waals surface area contributed by atoms with Gasteiger partial charge in [0.1, 0.15) is 0 Å². The zero-order chi connectivity index (χ0) is 9.97. The normalized spacial score (nSPS) is 21.0. The largest absolute Gasteiger partial charge is 0.340 e. The third kappa shape index (κ3) is 1.93. The summed E-state index contributed by atoms with van der Waals surface area (Å²) in [4.78, 5) is 6.61. The molecule has 1 aromatic rings. The minimum Gasteiger partial charge on any atom is -0.340 e. The highest BCUT2D eigenvalue weighted by Crippen LogP contribution is 2.16. The maximum Gasteiger partial charge on any atom is 0.223 e. The van der Waals surface area contributed by atoms with Crippen molar-refractivity contribution in [3.05, 3.63) is 11.7 Å². The second-order valence-electron chi connectivity index (χ2n) is 3.63. The van der Waals surface area contributed by atoms with Crippen LogP contribution in [0, 0.1) is 6.92 Å². The summed E-state index contributed by atoms with van der Waals surface area (Å²) in [7, 11) is 0. The molecule has 2 heterocycles. The van der Waals surface area contributed by atoms with Crippen LogP contribution in [-0.4, -0.2) is 41.2 Å². The first kappa shape index (κ1) is 9.61. The molecule has 1 atom stereocenters. The van der Waals surface area contributed by atoms with Gasteiger partial charge in [-0.3, -0.25) is 4.90 Å². The third-order valence-electron chi connectivity index (χ3n) is 2.62. The summed E-state index contributed by atoms with van der Waals surface area (Å²) in [6.07, 6.45) is 0. The molecular weight excluding hydrogens is 180 g/mol. The molecule has 0 radical (unpaired) electrons. The predicted molar refractivity (Wildman–Crippen MR) is 51.9 cm³/mol. The van der Waals surface area contributed by atoms with Gasteiger partial charge < -0.3 is 9.84 Å². The van der Waals surface area contributed by atoms with Gasteiger partial charge in [-0.25, -0.2) is 0 Å². The van der Waals surface area contributed by atoms with Crippen molar-refractivity contribution in [1.29, 1.82) is 0 Å². The van der Waals surface area contributed by atoms with Crippen LogP contribution in [0.15, 0.2) is 4.52 Å². The zero-order valence-corrected chi connectivity index (χ0v) is 8.66. The Morgan fingerprint density at radius 3 is 2.71 bits per heavy atom. The van der Waals surface area contributed by atoms with Crippen LogP contribution in [0.1, 0.15) is 24.7 Å². The van der Waals surface area contributed by atoms with Crippen LogP contribution >= 0.6 is 0 Å². The molecule has 5 heteroatoms. The van der Waals surface area contributed by atoms with Crippen molar-refractivity contribution in [3.8, 4) is 0 Å². The molecule has 1 aliphatic rings. The Bertz CT molecular complexity index is 293. The summed E-state index contributed by atoms with van der Waals surface area (Å²) in [5.74, 6) is 1.44. The highest BCUT2D eigenvalue weighted by atomic mass is 16.5. The lowest BCUT2D eigenvalue weighted by atomic mass is 10.2. The van der Waals surface area contributed by atoms with Crippen LogP contribution in [0.4, 0.5) is 0 Å². The molecule has 1 saturated heterocycles. The average Bonchev–Trinajstić information content (AvgIpc) is 2.65. The number of hydrogen-bond donors (Lipinski definition) is 1. The second kappa shape index (κ2) is 4.06. The van der Waals surface area contributed by atoms with E-state index in [1.807, 2.05) is 6.92 Å². The van der Waals surface area contributed by atoms with E-state index in [4.69, 9.17) is 4.52 Å². The van der Waals surface area contributed by atoms with Crippen molar-refractivity contribution in [2.45, 2.75) is 19.9 Å². The van der Waals surface area contributed by atoms with Crippen molar-refractivity contribution < 1.29 is 4.52 Å². The Morgan fingerprint density at radius 1 is 1.43 bits per heavy atom. The fourth-order valence-corrected chi connectivity index (χ4v) is 1.72. The number of piperazine rings is 1. The van der Waals surface area contributed by atoms with E-state index in [1.54, 1.807) is 0 Å². The molecule has 1 aromatic heterocycles. The smallest absolute Gasteiger partial charge is 0.223 e. The van der Waals surface area contributed by atoms with E-state index in [9.17, 15) is 0 Å². The topological polar surface area (TPSA) is 54.2 Å². The van der Waals surface area contributed by atoms with Crippen molar-refractivity contribution in [1.82, 2.24) is 20.4 Å². The van der Waals surface area contributed by atoms with Gasteiger partial charge in [-0.05, 0) is 6.92 Å². The SMILES string of the molecule is Cc1nc(C(C)N2CCNCC2)no1. The summed E-state index contributed by atoms with van der Waals surface area (Å²) in [6.45, 7) is 8.13. The summed E-state index contributed by atoms with van der Waals surface area (Å²) in [5.41, 5.74) is 0. The molecule has 1 fully saturated rings. The van der Waals surface area contributed by atoms with Crippen molar-refractivity contribution >= 4 is 0 Å². The molecule has 0 bridgehead atoms. The standard InChI is InChI=1S/C9H16N4O/c1-7(9-11-8(2)14-12-9)13-5-3-10-4-6-13/h7,10H,3-6H2,1-2H3. The maximum atomic E-state index is 4.97. The van der Waals surface area contributed by atoms with E-state index in [1.165, 1.54) is 0 Å². The number of nitrogens with one attached hydrogen (secondary N) is 1. The van der Waals surface area contributed by atoms with Crippen LogP contribution in [0.3, 0.4) is 0 Å². The van der Waals surface area contributed by atoms with Crippen LogP contribution in [0.2, 0.25) is 0 Å². The molecule has 0 aromatic carbocycles. The van der Waals surface area contributed by atoms with E-state index < -0.39 is 0 Å². The number of aromatic nitrogens is 2. The molecule has 1 N–H and O–H groups in total. The first-order valence-electron chi connectivity index (χ1n) is 5.02. The lowest BCUT2D eigenvalue weighted by molar-refractivity contribution is 0.176. The molecule has 0 spiro atoms. The Labute approximate surface area is 83.5 Å². The molecule has 2 rings (SSSR count). The second-order valence-corrected chi connectivity index (χ2v) is 3.63. The molecule has 5 nitrogen and oxygen atoms in total. The minimum absolute atomic E-state index is 0.259. The summed E-state index contributed by atoms with van der Waals surface area (Å²) in [6, 6.07) is 0.259. The quantitative estimate of drug-likeness (QED) is 0.739. The fourth-order valence-electron chi connectivity index (χ4n) is 1.72. The molecule has 0 amide bonds. The number of hydrogen-bond acceptors (Lipinski definition) is 5. The maximum absolute atomic E-state index is 4.97. The van der Waals surface area contributed by atoms with E-state index >= 15 is 0 Å². The van der Waals surface area contributed by atoms with Crippen LogP contribution in [-0.2, 0) is 0 Å². The van der Waals surface area contributed by atoms with Crippen molar-refractivity contribution in [2.24, 2.45) is 0 Å². The molecular formula is C9H16N4O. The first-order valence-corrected chi connectivity index (χ1v) is 5.02. The number of nitrogens with zero attached hydrogens (tertiary/aromatic N) is 3. The number of aryl methyl sites for hydroxylation is 1. The molecule has 0 saturated carbocycles. The van der Waals surface area contributed by atoms with E-state index in [-0.39, 0.29) is 6.04 Å². The van der Waals surface area contributed by atoms with Gasteiger partial charge in [0, 0.05) is 33.1 Å². The fraction of sp³-hybridized carbons (Fsp3) is 0.778. The van der Waals surface area contributed by atoms with E-state index in [0.29, 0.717) is 5.89 Å². The molecule has 14 heavy (non-hydrogen) atoms. The number of rotatable bonds is 2. The summed E-state index contributed by atoms with van der Waals surface area (Å²) >= 11 is 0. The van der Waals surface area contributed by atoms with Crippen LogP contribution < -0.4 is 5.32 Å². The van der Waals surface area contributed by atoms with Crippen molar-refractivity contribution in [2.75, 3.05) is 26.2 Å². The van der Waals surface area contributed by atoms with Gasteiger partial charge in [0.15, 0.2) is 5.82 Å². The van der Waals surface area contributed by atoms with Gasteiger partial charge in [-0.2, -0.15) is 4.98 Å². The summed E-state index contributed by atoms with van der Waals surface area (Å²) < 4.78 is 4.97. The summed E-state index contributed by atoms with van der Waals surface area (Å²) in [5, 5.41) is 7.26. The zero-order valence-electron chi connectivity index (χ0n) is 8.66. The van der Waals surface area contributed by atoms with Gasteiger partial charge in [-0.1, -0.05) is 5.16 Å².